The van der Waals surface area contributed by atoms with Gasteiger partial charge in [0.05, 0.1) is 17.3 Å². The van der Waals surface area contributed by atoms with Crippen molar-refractivity contribution < 1.29 is 19.0 Å². The number of aromatic nitrogens is 2. The zero-order valence-electron chi connectivity index (χ0n) is 17.1. The van der Waals surface area contributed by atoms with Crippen LogP contribution in [0, 0.1) is 5.82 Å². The number of amides is 2. The first-order valence-electron chi connectivity index (χ1n) is 9.37. The second-order valence-corrected chi connectivity index (χ2v) is 7.15. The molecular weight excluding hydrogens is 377 g/mol. The Balaban J connectivity index is 2.29. The molecule has 0 fully saturated rings. The van der Waals surface area contributed by atoms with E-state index >= 15 is 0 Å². The SMILES string of the molecule is COCCCNC(=O)N(c1ccc(F)cc1)c1ccnc(N[C@@H](C)C(C)(C)O)n1. The van der Waals surface area contributed by atoms with Gasteiger partial charge in [-0.15, -0.1) is 0 Å². The molecule has 3 N–H and O–H groups in total. The summed E-state index contributed by atoms with van der Waals surface area (Å²) >= 11 is 0. The number of carbonyl (C=O) groups excluding carboxylic acids is 1. The molecule has 0 aliphatic heterocycles. The average molecular weight is 405 g/mol. The van der Waals surface area contributed by atoms with Gasteiger partial charge in [0.1, 0.15) is 11.6 Å². The molecule has 1 aromatic carbocycles. The average Bonchev–Trinajstić information content (AvgIpc) is 2.66. The van der Waals surface area contributed by atoms with Crippen molar-refractivity contribution in [3.05, 3.63) is 42.3 Å². The van der Waals surface area contributed by atoms with Gasteiger partial charge in [0.25, 0.3) is 0 Å². The number of methoxy groups -OCH3 is 1. The number of benzene rings is 1. The minimum atomic E-state index is -0.991. The van der Waals surface area contributed by atoms with Crippen molar-refractivity contribution in [2.75, 3.05) is 30.5 Å². The zero-order chi connectivity index (χ0) is 21.4. The van der Waals surface area contributed by atoms with Gasteiger partial charge < -0.3 is 20.5 Å². The molecule has 0 aliphatic carbocycles. The van der Waals surface area contributed by atoms with E-state index in [4.69, 9.17) is 4.74 Å². The van der Waals surface area contributed by atoms with Crippen molar-refractivity contribution in [3.63, 3.8) is 0 Å². The lowest BCUT2D eigenvalue weighted by Crippen LogP contribution is -2.40. The molecule has 1 atom stereocenters. The molecule has 0 aliphatic rings. The summed E-state index contributed by atoms with van der Waals surface area (Å²) < 4.78 is 18.4. The highest BCUT2D eigenvalue weighted by molar-refractivity contribution is 5.98. The molecule has 1 aromatic heterocycles. The Morgan fingerprint density at radius 3 is 2.62 bits per heavy atom. The highest BCUT2D eigenvalue weighted by atomic mass is 19.1. The smallest absolute Gasteiger partial charge is 0.327 e. The second kappa shape index (κ2) is 10.1. The number of carbonyl (C=O) groups is 1. The third kappa shape index (κ3) is 6.65. The van der Waals surface area contributed by atoms with Crippen molar-refractivity contribution in [1.29, 1.82) is 0 Å². The maximum atomic E-state index is 13.4. The molecule has 0 radical (unpaired) electrons. The lowest BCUT2D eigenvalue weighted by Gasteiger charge is -2.27. The number of halogens is 1. The molecule has 29 heavy (non-hydrogen) atoms. The topological polar surface area (TPSA) is 99.6 Å². The molecular formula is C20H28FN5O3. The number of nitrogens with zero attached hydrogens (tertiary/aromatic N) is 3. The van der Waals surface area contributed by atoms with Gasteiger partial charge in [-0.1, -0.05) is 0 Å². The van der Waals surface area contributed by atoms with Crippen LogP contribution < -0.4 is 15.5 Å². The molecule has 0 unspecified atom stereocenters. The van der Waals surface area contributed by atoms with Crippen LogP contribution >= 0.6 is 0 Å². The minimum Gasteiger partial charge on any atom is -0.388 e. The van der Waals surface area contributed by atoms with E-state index in [2.05, 4.69) is 20.6 Å². The van der Waals surface area contributed by atoms with E-state index < -0.39 is 17.4 Å². The van der Waals surface area contributed by atoms with E-state index in [9.17, 15) is 14.3 Å². The van der Waals surface area contributed by atoms with Crippen LogP contribution in [0.2, 0.25) is 0 Å². The highest BCUT2D eigenvalue weighted by Gasteiger charge is 2.24. The Morgan fingerprint density at radius 2 is 2.00 bits per heavy atom. The van der Waals surface area contributed by atoms with Crippen LogP contribution in [0.1, 0.15) is 27.2 Å². The molecule has 2 amide bonds. The second-order valence-electron chi connectivity index (χ2n) is 7.15. The van der Waals surface area contributed by atoms with Gasteiger partial charge in [-0.3, -0.25) is 0 Å². The minimum absolute atomic E-state index is 0.261. The number of urea groups is 1. The lowest BCUT2D eigenvalue weighted by molar-refractivity contribution is 0.0646. The summed E-state index contributed by atoms with van der Waals surface area (Å²) in [5.74, 6) is 0.163. The van der Waals surface area contributed by atoms with E-state index in [0.717, 1.165) is 0 Å². The van der Waals surface area contributed by atoms with Crippen molar-refractivity contribution in [2.45, 2.75) is 38.8 Å². The predicted octanol–water partition coefficient (Wildman–Crippen LogP) is 3.07. The lowest BCUT2D eigenvalue weighted by atomic mass is 10.0. The fourth-order valence-electron chi connectivity index (χ4n) is 2.35. The molecule has 0 saturated heterocycles. The van der Waals surface area contributed by atoms with Crippen LogP contribution in [-0.2, 0) is 4.74 Å². The Labute approximate surface area is 170 Å². The number of hydrogen-bond donors (Lipinski definition) is 3. The number of nitrogens with one attached hydrogen (secondary N) is 2. The molecule has 1 heterocycles. The molecule has 2 rings (SSSR count). The third-order valence-corrected chi connectivity index (χ3v) is 4.36. The Bertz CT molecular complexity index is 795. The Morgan fingerprint density at radius 1 is 1.31 bits per heavy atom. The fourth-order valence-corrected chi connectivity index (χ4v) is 2.35. The van der Waals surface area contributed by atoms with E-state index in [-0.39, 0.29) is 12.0 Å². The standard InChI is InChI=1S/C20H28FN5O3/c1-14(20(2,3)28)24-18-22-12-10-17(25-18)26(16-8-6-15(21)7-9-16)19(27)23-11-5-13-29-4/h6-10,12,14,28H,5,11,13H2,1-4H3,(H,23,27)(H,22,24,25)/t14-/m0/s1. The van der Waals surface area contributed by atoms with Crippen LogP contribution in [0.3, 0.4) is 0 Å². The monoisotopic (exact) mass is 405 g/mol. The summed E-state index contributed by atoms with van der Waals surface area (Å²) in [6.07, 6.45) is 2.16. The number of hydrogen-bond acceptors (Lipinski definition) is 6. The van der Waals surface area contributed by atoms with Gasteiger partial charge >= 0.3 is 6.03 Å². The molecule has 0 spiro atoms. The Kier molecular flexibility index (Phi) is 7.86. The van der Waals surface area contributed by atoms with Gasteiger partial charge in [0, 0.05) is 32.5 Å². The summed E-state index contributed by atoms with van der Waals surface area (Å²) in [5, 5.41) is 16.0. The highest BCUT2D eigenvalue weighted by Crippen LogP contribution is 2.25. The van der Waals surface area contributed by atoms with Crippen molar-refractivity contribution in [2.24, 2.45) is 0 Å². The van der Waals surface area contributed by atoms with Crippen LogP contribution in [0.5, 0.6) is 0 Å². The number of ether oxygens (including phenoxy) is 1. The first-order valence-corrected chi connectivity index (χ1v) is 9.37. The van der Waals surface area contributed by atoms with Gasteiger partial charge in [0.2, 0.25) is 5.95 Å². The van der Waals surface area contributed by atoms with Gasteiger partial charge in [-0.2, -0.15) is 4.98 Å². The number of aliphatic hydroxyl groups is 1. The molecule has 0 bridgehead atoms. The van der Waals surface area contributed by atoms with E-state index in [1.165, 1.54) is 35.4 Å². The maximum absolute atomic E-state index is 13.4. The van der Waals surface area contributed by atoms with Crippen molar-refractivity contribution in [1.82, 2.24) is 15.3 Å². The normalized spacial score (nSPS) is 12.3. The number of rotatable bonds is 9. The van der Waals surface area contributed by atoms with Gasteiger partial charge in [-0.05, 0) is 51.5 Å². The molecule has 158 valence electrons. The quantitative estimate of drug-likeness (QED) is 0.555. The third-order valence-electron chi connectivity index (χ3n) is 4.36. The molecule has 0 saturated carbocycles. The van der Waals surface area contributed by atoms with Crippen LogP contribution in [0.15, 0.2) is 36.5 Å². The largest absolute Gasteiger partial charge is 0.388 e. The zero-order valence-corrected chi connectivity index (χ0v) is 17.1. The van der Waals surface area contributed by atoms with Crippen LogP contribution in [0.25, 0.3) is 0 Å². The van der Waals surface area contributed by atoms with Crippen LogP contribution in [-0.4, -0.2) is 53.0 Å². The maximum Gasteiger partial charge on any atom is 0.327 e. The predicted molar refractivity (Wildman–Crippen MR) is 110 cm³/mol. The van der Waals surface area contributed by atoms with Crippen molar-refractivity contribution in [3.8, 4) is 0 Å². The van der Waals surface area contributed by atoms with E-state index in [0.29, 0.717) is 31.1 Å². The molecule has 8 nitrogen and oxygen atoms in total. The van der Waals surface area contributed by atoms with E-state index in [1.807, 2.05) is 0 Å². The van der Waals surface area contributed by atoms with Gasteiger partial charge in [-0.25, -0.2) is 19.1 Å². The summed E-state index contributed by atoms with van der Waals surface area (Å²) in [5.41, 5.74) is -0.537. The summed E-state index contributed by atoms with van der Waals surface area (Å²) in [4.78, 5) is 22.8. The summed E-state index contributed by atoms with van der Waals surface area (Å²) in [6.45, 7) is 6.08. The van der Waals surface area contributed by atoms with Crippen molar-refractivity contribution >= 4 is 23.5 Å². The van der Waals surface area contributed by atoms with E-state index in [1.54, 1.807) is 33.9 Å². The first-order chi connectivity index (χ1) is 13.7. The summed E-state index contributed by atoms with van der Waals surface area (Å²) in [6, 6.07) is 6.39. The Hall–Kier alpha value is -2.78. The molecule has 9 heteroatoms. The van der Waals surface area contributed by atoms with Gasteiger partial charge in [0.15, 0.2) is 0 Å². The molecule has 2 aromatic rings. The first kappa shape index (κ1) is 22.5. The summed E-state index contributed by atoms with van der Waals surface area (Å²) in [7, 11) is 1.59. The number of anilines is 3. The fraction of sp³-hybridized carbons (Fsp3) is 0.450. The van der Waals surface area contributed by atoms with Crippen LogP contribution in [0.4, 0.5) is 26.6 Å².